The summed E-state index contributed by atoms with van der Waals surface area (Å²) in [7, 11) is 0. The van der Waals surface area contributed by atoms with Crippen molar-refractivity contribution in [2.24, 2.45) is 0 Å². The van der Waals surface area contributed by atoms with Crippen molar-refractivity contribution in [3.05, 3.63) is 71.3 Å². The lowest BCUT2D eigenvalue weighted by Crippen LogP contribution is -2.41. The highest BCUT2D eigenvalue weighted by Crippen LogP contribution is 2.29. The van der Waals surface area contributed by atoms with Gasteiger partial charge in [0.05, 0.1) is 11.3 Å². The molecule has 0 bridgehead atoms. The summed E-state index contributed by atoms with van der Waals surface area (Å²) in [5.41, 5.74) is 5.27. The average Bonchev–Trinajstić information content (AvgIpc) is 2.64. The van der Waals surface area contributed by atoms with Crippen LogP contribution in [-0.4, -0.2) is 17.6 Å². The number of hydrogen-bond acceptors (Lipinski definition) is 3. The minimum atomic E-state index is -4.40. The minimum Gasteiger partial charge on any atom is -0.272 e. The number of thioether (sulfide) groups is 1. The van der Waals surface area contributed by atoms with Gasteiger partial charge in [-0.25, -0.2) is 0 Å². The van der Waals surface area contributed by atoms with Gasteiger partial charge in [0.2, 0.25) is 5.91 Å². The number of hydrogen-bond donors (Lipinski definition) is 2. The zero-order chi connectivity index (χ0) is 19.9. The van der Waals surface area contributed by atoms with Gasteiger partial charge in [0.1, 0.15) is 0 Å². The number of amides is 2. The minimum absolute atomic E-state index is 0.131. The maximum Gasteiger partial charge on any atom is 0.416 e. The second kappa shape index (κ2) is 9.27. The van der Waals surface area contributed by atoms with Crippen LogP contribution in [0.5, 0.6) is 0 Å². The van der Waals surface area contributed by atoms with Gasteiger partial charge in [0.25, 0.3) is 5.91 Å². The summed E-state index contributed by atoms with van der Waals surface area (Å²) in [5.74, 6) is -0.841. The van der Waals surface area contributed by atoms with Crippen molar-refractivity contribution in [1.82, 2.24) is 10.9 Å². The van der Waals surface area contributed by atoms with Crippen molar-refractivity contribution in [2.45, 2.75) is 18.0 Å². The lowest BCUT2D eigenvalue weighted by molar-refractivity contribution is -0.137. The number of alkyl halides is 3. The Labute approximate surface area is 158 Å². The van der Waals surface area contributed by atoms with E-state index in [9.17, 15) is 22.8 Å². The third-order valence-corrected chi connectivity index (χ3v) is 4.39. The molecule has 2 aromatic carbocycles. The van der Waals surface area contributed by atoms with Gasteiger partial charge in [-0.05, 0) is 42.8 Å². The highest BCUT2D eigenvalue weighted by Gasteiger charge is 2.29. The summed E-state index contributed by atoms with van der Waals surface area (Å²) in [6.07, 6.45) is -1.93. The van der Waals surface area contributed by atoms with Crippen LogP contribution in [-0.2, 0) is 15.8 Å². The van der Waals surface area contributed by atoms with Crippen LogP contribution in [0.25, 0.3) is 6.08 Å². The van der Waals surface area contributed by atoms with Gasteiger partial charge in [0, 0.05) is 11.0 Å². The van der Waals surface area contributed by atoms with E-state index in [4.69, 9.17) is 0 Å². The first-order chi connectivity index (χ1) is 12.7. The summed E-state index contributed by atoms with van der Waals surface area (Å²) in [6.45, 7) is 1.97. The van der Waals surface area contributed by atoms with E-state index in [1.165, 1.54) is 30.0 Å². The molecule has 2 aromatic rings. The van der Waals surface area contributed by atoms with Gasteiger partial charge in [-0.15, -0.1) is 11.8 Å². The van der Waals surface area contributed by atoms with E-state index < -0.39 is 17.6 Å². The van der Waals surface area contributed by atoms with Gasteiger partial charge in [0.15, 0.2) is 0 Å². The molecule has 2 rings (SSSR count). The molecule has 2 N–H and O–H groups in total. The number of halogens is 3. The Morgan fingerprint density at radius 3 is 2.22 bits per heavy atom. The quantitative estimate of drug-likeness (QED) is 0.458. The first-order valence-electron chi connectivity index (χ1n) is 7.87. The van der Waals surface area contributed by atoms with E-state index in [0.29, 0.717) is 5.56 Å². The number of aryl methyl sites for hydroxylation is 1. The predicted molar refractivity (Wildman–Crippen MR) is 98.7 cm³/mol. The zero-order valence-corrected chi connectivity index (χ0v) is 15.2. The fourth-order valence-corrected chi connectivity index (χ4v) is 2.65. The van der Waals surface area contributed by atoms with Crippen molar-refractivity contribution < 1.29 is 22.8 Å². The van der Waals surface area contributed by atoms with Crippen molar-refractivity contribution in [3.63, 3.8) is 0 Å². The van der Waals surface area contributed by atoms with Gasteiger partial charge in [-0.3, -0.25) is 20.4 Å². The summed E-state index contributed by atoms with van der Waals surface area (Å²) in [5, 5.41) is 0. The van der Waals surface area contributed by atoms with Crippen molar-refractivity contribution in [1.29, 1.82) is 0 Å². The molecule has 0 fully saturated rings. The van der Waals surface area contributed by atoms with Crippen LogP contribution in [0, 0.1) is 6.92 Å². The summed E-state index contributed by atoms with van der Waals surface area (Å²) in [6, 6.07) is 12.1. The Kier molecular flexibility index (Phi) is 7.06. The molecule has 142 valence electrons. The van der Waals surface area contributed by atoms with Crippen molar-refractivity contribution in [3.8, 4) is 0 Å². The maximum atomic E-state index is 12.5. The number of nitrogens with one attached hydrogen (secondary N) is 2. The summed E-state index contributed by atoms with van der Waals surface area (Å²) >= 11 is 1.33. The van der Waals surface area contributed by atoms with Gasteiger partial charge in [-0.1, -0.05) is 29.8 Å². The first kappa shape index (κ1) is 20.6. The van der Waals surface area contributed by atoms with Crippen molar-refractivity contribution >= 4 is 29.7 Å². The molecule has 0 radical (unpaired) electrons. The van der Waals surface area contributed by atoms with E-state index >= 15 is 0 Å². The second-order valence-electron chi connectivity index (χ2n) is 5.59. The molecule has 0 aliphatic heterocycles. The molecule has 8 heteroatoms. The van der Waals surface area contributed by atoms with E-state index in [1.807, 2.05) is 31.2 Å². The Bertz CT molecular complexity index is 816. The van der Waals surface area contributed by atoms with Crippen molar-refractivity contribution in [2.75, 3.05) is 5.75 Å². The van der Waals surface area contributed by atoms with Gasteiger partial charge >= 0.3 is 6.18 Å². The third-order valence-electron chi connectivity index (χ3n) is 3.38. The highest BCUT2D eigenvalue weighted by molar-refractivity contribution is 8.00. The molecule has 0 heterocycles. The van der Waals surface area contributed by atoms with Gasteiger partial charge in [-0.2, -0.15) is 13.2 Å². The Morgan fingerprint density at radius 2 is 1.63 bits per heavy atom. The molecule has 0 aromatic heterocycles. The van der Waals surface area contributed by atoms with E-state index in [-0.39, 0.29) is 11.7 Å². The molecule has 0 aliphatic rings. The smallest absolute Gasteiger partial charge is 0.272 e. The lowest BCUT2D eigenvalue weighted by atomic mass is 10.1. The average molecular weight is 394 g/mol. The number of carbonyl (C=O) groups is 2. The molecular formula is C19H17F3N2O2S. The van der Waals surface area contributed by atoms with Crippen LogP contribution in [0.1, 0.15) is 16.7 Å². The normalized spacial score (nSPS) is 11.4. The summed E-state index contributed by atoms with van der Waals surface area (Å²) in [4.78, 5) is 24.3. The maximum absolute atomic E-state index is 12.5. The Balaban J connectivity index is 1.75. The molecule has 2 amide bonds. The number of rotatable bonds is 5. The fourth-order valence-electron chi connectivity index (χ4n) is 1.95. The molecule has 27 heavy (non-hydrogen) atoms. The van der Waals surface area contributed by atoms with E-state index in [2.05, 4.69) is 10.9 Å². The third kappa shape index (κ3) is 7.18. The fraction of sp³-hybridized carbons (Fsp3) is 0.158. The topological polar surface area (TPSA) is 58.2 Å². The highest BCUT2D eigenvalue weighted by atomic mass is 32.2. The van der Waals surface area contributed by atoms with E-state index in [1.54, 1.807) is 0 Å². The molecule has 0 saturated carbocycles. The number of hydrazine groups is 1. The second-order valence-corrected chi connectivity index (χ2v) is 6.64. The van der Waals surface area contributed by atoms with Crippen LogP contribution in [0.2, 0.25) is 0 Å². The standard InChI is InChI=1S/C19H17F3N2O2S/c1-13-2-9-16(10-3-13)27-12-18(26)24-23-17(25)11-6-14-4-7-15(8-5-14)19(20,21)22/h2-11H,12H2,1H3,(H,23,25)(H,24,26)/b11-6+. The Morgan fingerprint density at radius 1 is 1.00 bits per heavy atom. The van der Waals surface area contributed by atoms with E-state index in [0.717, 1.165) is 28.7 Å². The first-order valence-corrected chi connectivity index (χ1v) is 8.86. The van der Waals surface area contributed by atoms with Crippen LogP contribution >= 0.6 is 11.8 Å². The number of benzene rings is 2. The predicted octanol–water partition coefficient (Wildman–Crippen LogP) is 3.97. The lowest BCUT2D eigenvalue weighted by Gasteiger charge is -2.06. The van der Waals surface area contributed by atoms with Crippen LogP contribution in [0.15, 0.2) is 59.5 Å². The molecule has 0 atom stereocenters. The van der Waals surface area contributed by atoms with Crippen LogP contribution in [0.3, 0.4) is 0 Å². The van der Waals surface area contributed by atoms with Gasteiger partial charge < -0.3 is 0 Å². The largest absolute Gasteiger partial charge is 0.416 e. The molecule has 0 unspecified atom stereocenters. The molecule has 0 saturated heterocycles. The monoisotopic (exact) mass is 394 g/mol. The Hall–Kier alpha value is -2.74. The zero-order valence-electron chi connectivity index (χ0n) is 14.3. The van der Waals surface area contributed by atoms with Crippen LogP contribution in [0.4, 0.5) is 13.2 Å². The molecule has 4 nitrogen and oxygen atoms in total. The molecule has 0 spiro atoms. The SMILES string of the molecule is Cc1ccc(SCC(=O)NNC(=O)/C=C/c2ccc(C(F)(F)F)cc2)cc1. The number of carbonyl (C=O) groups excluding carboxylic acids is 2. The van der Waals surface area contributed by atoms with Crippen LogP contribution < -0.4 is 10.9 Å². The summed E-state index contributed by atoms with van der Waals surface area (Å²) < 4.78 is 37.4. The molecular weight excluding hydrogens is 377 g/mol. The molecule has 0 aliphatic carbocycles.